The molecule has 1 aliphatic heterocycles. The van der Waals surface area contributed by atoms with E-state index in [1.165, 1.54) is 11.1 Å². The first-order chi connectivity index (χ1) is 8.43. The summed E-state index contributed by atoms with van der Waals surface area (Å²) in [4.78, 5) is 0. The lowest BCUT2D eigenvalue weighted by Crippen LogP contribution is -2.33. The van der Waals surface area contributed by atoms with Gasteiger partial charge in [-0.25, -0.2) is 0 Å². The topological polar surface area (TPSA) is 21.3 Å². The quantitative estimate of drug-likeness (QED) is 0.804. The van der Waals surface area contributed by atoms with Crippen LogP contribution in [-0.2, 0) is 11.2 Å². The molecule has 0 saturated carbocycles. The predicted molar refractivity (Wildman–Crippen MR) is 69.0 cm³/mol. The van der Waals surface area contributed by atoms with Gasteiger partial charge in [-0.15, -0.1) is 0 Å². The molecule has 2 heteroatoms. The van der Waals surface area contributed by atoms with E-state index in [4.69, 9.17) is 4.74 Å². The second-order valence-electron chi connectivity index (χ2n) is 4.86. The lowest BCUT2D eigenvalue weighted by atomic mass is 9.97. The lowest BCUT2D eigenvalue weighted by Gasteiger charge is -2.27. The number of benzene rings is 1. The molecule has 0 bridgehead atoms. The number of hydrogen-bond donors (Lipinski definition) is 1. The monoisotopic (exact) mass is 229 g/mol. The Kier molecular flexibility index (Phi) is 3.25. The molecule has 1 aliphatic carbocycles. The summed E-state index contributed by atoms with van der Waals surface area (Å²) in [5.74, 6) is 0. The smallest absolute Gasteiger partial charge is 0.0952 e. The van der Waals surface area contributed by atoms with E-state index in [1.807, 2.05) is 0 Å². The third kappa shape index (κ3) is 2.43. The van der Waals surface area contributed by atoms with Crippen molar-refractivity contribution in [2.45, 2.75) is 31.4 Å². The minimum Gasteiger partial charge on any atom is -0.372 e. The van der Waals surface area contributed by atoms with Crippen molar-refractivity contribution in [3.8, 4) is 0 Å². The summed E-state index contributed by atoms with van der Waals surface area (Å²) in [7, 11) is 0. The molecular weight excluding hydrogens is 210 g/mol. The van der Waals surface area contributed by atoms with E-state index < -0.39 is 0 Å². The van der Waals surface area contributed by atoms with Gasteiger partial charge in [0.25, 0.3) is 0 Å². The van der Waals surface area contributed by atoms with Crippen LogP contribution in [0.5, 0.6) is 0 Å². The fourth-order valence-electron chi connectivity index (χ4n) is 2.70. The second-order valence-corrected chi connectivity index (χ2v) is 4.86. The highest BCUT2D eigenvalue weighted by molar-refractivity contribution is 5.31. The first kappa shape index (κ1) is 11.0. The molecule has 2 nitrogen and oxygen atoms in total. The predicted octanol–water partition coefficient (Wildman–Crippen LogP) is 2.61. The van der Waals surface area contributed by atoms with Crippen LogP contribution in [0.25, 0.3) is 0 Å². The molecule has 2 aliphatic rings. The molecule has 3 rings (SSSR count). The standard InChI is InChI=1S/C15H19NO/c1-4-8-14-12(5-1)9-10-17-15(14)11-16-13-6-2-3-7-13/h1-5,8,13,15-16H,6-7,9-11H2. The fourth-order valence-corrected chi connectivity index (χ4v) is 2.70. The number of hydrogen-bond acceptors (Lipinski definition) is 2. The molecule has 1 atom stereocenters. The van der Waals surface area contributed by atoms with E-state index in [0.717, 1.165) is 32.4 Å². The van der Waals surface area contributed by atoms with Crippen LogP contribution >= 0.6 is 0 Å². The molecule has 17 heavy (non-hydrogen) atoms. The summed E-state index contributed by atoms with van der Waals surface area (Å²) in [6, 6.07) is 9.27. The Morgan fingerprint density at radius 1 is 1.18 bits per heavy atom. The minimum atomic E-state index is 0.237. The van der Waals surface area contributed by atoms with Crippen LogP contribution in [0.2, 0.25) is 0 Å². The van der Waals surface area contributed by atoms with Gasteiger partial charge in [0.05, 0.1) is 12.7 Å². The molecule has 0 spiro atoms. The van der Waals surface area contributed by atoms with Crippen LogP contribution in [-0.4, -0.2) is 19.2 Å². The van der Waals surface area contributed by atoms with Gasteiger partial charge in [-0.1, -0.05) is 36.4 Å². The van der Waals surface area contributed by atoms with Gasteiger partial charge in [0.15, 0.2) is 0 Å². The van der Waals surface area contributed by atoms with Crippen molar-refractivity contribution in [1.29, 1.82) is 0 Å². The molecule has 0 aromatic heterocycles. The first-order valence-electron chi connectivity index (χ1n) is 6.51. The number of fused-ring (bicyclic) bond motifs is 1. The molecule has 1 N–H and O–H groups in total. The highest BCUT2D eigenvalue weighted by Crippen LogP contribution is 2.26. The zero-order valence-corrected chi connectivity index (χ0v) is 10.1. The Morgan fingerprint density at radius 2 is 2.00 bits per heavy atom. The molecule has 1 aromatic rings. The van der Waals surface area contributed by atoms with E-state index in [1.54, 1.807) is 0 Å². The van der Waals surface area contributed by atoms with Crippen LogP contribution in [0.3, 0.4) is 0 Å². The Balaban J connectivity index is 1.64. The summed E-state index contributed by atoms with van der Waals surface area (Å²) in [5.41, 5.74) is 2.83. The third-order valence-corrected chi connectivity index (χ3v) is 3.69. The first-order valence-corrected chi connectivity index (χ1v) is 6.51. The van der Waals surface area contributed by atoms with Crippen molar-refractivity contribution in [3.05, 3.63) is 47.5 Å². The van der Waals surface area contributed by atoms with Gasteiger partial charge >= 0.3 is 0 Å². The molecule has 1 unspecified atom stereocenters. The minimum absolute atomic E-state index is 0.237. The van der Waals surface area contributed by atoms with Gasteiger partial charge in [-0.2, -0.15) is 0 Å². The summed E-state index contributed by atoms with van der Waals surface area (Å²) < 4.78 is 5.88. The van der Waals surface area contributed by atoms with Crippen LogP contribution in [0, 0.1) is 0 Å². The normalized spacial score (nSPS) is 23.9. The zero-order valence-electron chi connectivity index (χ0n) is 10.1. The molecule has 1 heterocycles. The molecule has 90 valence electrons. The van der Waals surface area contributed by atoms with Crippen molar-refractivity contribution < 1.29 is 4.74 Å². The van der Waals surface area contributed by atoms with Gasteiger partial charge in [0, 0.05) is 12.6 Å². The SMILES string of the molecule is C1=CCC(NCC2OCCc3ccccc32)C1. The molecule has 1 aromatic carbocycles. The van der Waals surface area contributed by atoms with Crippen LogP contribution in [0.4, 0.5) is 0 Å². The van der Waals surface area contributed by atoms with Gasteiger partial charge < -0.3 is 10.1 Å². The number of ether oxygens (including phenoxy) is 1. The largest absolute Gasteiger partial charge is 0.372 e. The van der Waals surface area contributed by atoms with Gasteiger partial charge in [0.1, 0.15) is 0 Å². The Bertz CT molecular complexity index is 405. The maximum atomic E-state index is 5.88. The maximum Gasteiger partial charge on any atom is 0.0952 e. The van der Waals surface area contributed by atoms with Crippen molar-refractivity contribution in [1.82, 2.24) is 5.32 Å². The molecule has 0 fully saturated rings. The van der Waals surface area contributed by atoms with E-state index in [9.17, 15) is 0 Å². The number of nitrogens with one attached hydrogen (secondary N) is 1. The van der Waals surface area contributed by atoms with Gasteiger partial charge in [-0.3, -0.25) is 0 Å². The van der Waals surface area contributed by atoms with E-state index in [0.29, 0.717) is 6.04 Å². The van der Waals surface area contributed by atoms with E-state index in [-0.39, 0.29) is 6.10 Å². The van der Waals surface area contributed by atoms with Gasteiger partial charge in [-0.05, 0) is 30.4 Å². The van der Waals surface area contributed by atoms with Crippen molar-refractivity contribution in [3.63, 3.8) is 0 Å². The van der Waals surface area contributed by atoms with Crippen LogP contribution < -0.4 is 5.32 Å². The Hall–Kier alpha value is -1.12. The summed E-state index contributed by atoms with van der Waals surface area (Å²) in [6.45, 7) is 1.79. The number of rotatable bonds is 3. The van der Waals surface area contributed by atoms with Crippen molar-refractivity contribution in [2.24, 2.45) is 0 Å². The van der Waals surface area contributed by atoms with Gasteiger partial charge in [0.2, 0.25) is 0 Å². The third-order valence-electron chi connectivity index (χ3n) is 3.69. The van der Waals surface area contributed by atoms with Crippen LogP contribution in [0.1, 0.15) is 30.1 Å². The lowest BCUT2D eigenvalue weighted by molar-refractivity contribution is 0.0409. The van der Waals surface area contributed by atoms with Crippen LogP contribution in [0.15, 0.2) is 36.4 Å². The average Bonchev–Trinajstić information content (AvgIpc) is 2.89. The maximum absolute atomic E-state index is 5.88. The summed E-state index contributed by atoms with van der Waals surface area (Å²) in [6.07, 6.45) is 8.13. The second kappa shape index (κ2) is 5.03. The molecular formula is C15H19NO. The van der Waals surface area contributed by atoms with E-state index >= 15 is 0 Å². The highest BCUT2D eigenvalue weighted by Gasteiger charge is 2.21. The summed E-state index contributed by atoms with van der Waals surface area (Å²) in [5, 5.41) is 3.60. The van der Waals surface area contributed by atoms with Crippen molar-refractivity contribution >= 4 is 0 Å². The fraction of sp³-hybridized carbons (Fsp3) is 0.467. The molecule has 0 radical (unpaired) electrons. The van der Waals surface area contributed by atoms with Crippen molar-refractivity contribution in [2.75, 3.05) is 13.2 Å². The zero-order chi connectivity index (χ0) is 11.5. The molecule has 0 saturated heterocycles. The Morgan fingerprint density at radius 3 is 2.88 bits per heavy atom. The molecule has 0 amide bonds. The average molecular weight is 229 g/mol. The highest BCUT2D eigenvalue weighted by atomic mass is 16.5. The Labute approximate surface area is 103 Å². The summed E-state index contributed by atoms with van der Waals surface area (Å²) >= 11 is 0. The van der Waals surface area contributed by atoms with E-state index in [2.05, 4.69) is 41.7 Å².